The van der Waals surface area contributed by atoms with Crippen molar-refractivity contribution >= 4 is 17.6 Å². The van der Waals surface area contributed by atoms with Crippen LogP contribution in [0.4, 0.5) is 5.82 Å². The van der Waals surface area contributed by atoms with E-state index in [0.29, 0.717) is 38.2 Å². The molecular formula is C22H28N4O3. The molecule has 0 bridgehead atoms. The molecule has 0 spiro atoms. The van der Waals surface area contributed by atoms with E-state index in [4.69, 9.17) is 4.74 Å². The van der Waals surface area contributed by atoms with E-state index in [-0.39, 0.29) is 24.3 Å². The number of nitrogens with one attached hydrogen (secondary N) is 1. The van der Waals surface area contributed by atoms with E-state index < -0.39 is 0 Å². The number of carbonyl (C=O) groups is 2. The number of hydrogen-bond acceptors (Lipinski definition) is 5. The van der Waals surface area contributed by atoms with Crippen molar-refractivity contribution < 1.29 is 14.3 Å². The van der Waals surface area contributed by atoms with E-state index in [0.717, 1.165) is 11.4 Å². The maximum absolute atomic E-state index is 12.5. The first-order valence-electron chi connectivity index (χ1n) is 9.88. The van der Waals surface area contributed by atoms with Crippen LogP contribution in [0.25, 0.3) is 0 Å². The van der Waals surface area contributed by atoms with Gasteiger partial charge in [0.05, 0.1) is 0 Å². The highest BCUT2D eigenvalue weighted by Gasteiger charge is 2.27. The molecule has 0 aliphatic carbocycles. The minimum absolute atomic E-state index is 0.0249. The summed E-state index contributed by atoms with van der Waals surface area (Å²) in [6, 6.07) is 13.2. The summed E-state index contributed by atoms with van der Waals surface area (Å²) < 4.78 is 5.53. The fraction of sp³-hybridized carbons (Fsp3) is 0.409. The minimum atomic E-state index is -0.0655. The molecule has 1 aliphatic rings. The SMILES string of the molecule is CN(C)c1cc(CNC(=O)C2CCN(C(=O)COc3ccccc3)CC2)ccn1. The third-order valence-corrected chi connectivity index (χ3v) is 5.06. The molecule has 1 aromatic heterocycles. The van der Waals surface area contributed by atoms with Crippen LogP contribution in [0, 0.1) is 5.92 Å². The number of aromatic nitrogens is 1. The molecule has 7 nitrogen and oxygen atoms in total. The van der Waals surface area contributed by atoms with Gasteiger partial charge in [0, 0.05) is 45.8 Å². The Kier molecular flexibility index (Phi) is 7.05. The van der Waals surface area contributed by atoms with Gasteiger partial charge in [-0.15, -0.1) is 0 Å². The summed E-state index contributed by atoms with van der Waals surface area (Å²) in [7, 11) is 3.87. The summed E-state index contributed by atoms with van der Waals surface area (Å²) >= 11 is 0. The molecule has 0 atom stereocenters. The van der Waals surface area contributed by atoms with Gasteiger partial charge in [0.2, 0.25) is 5.91 Å². The number of piperidine rings is 1. The van der Waals surface area contributed by atoms with Crippen molar-refractivity contribution in [3.63, 3.8) is 0 Å². The Morgan fingerprint density at radius 1 is 1.17 bits per heavy atom. The molecule has 1 fully saturated rings. The lowest BCUT2D eigenvalue weighted by atomic mass is 9.96. The normalized spacial score (nSPS) is 14.3. The van der Waals surface area contributed by atoms with Crippen LogP contribution in [0.3, 0.4) is 0 Å². The van der Waals surface area contributed by atoms with Gasteiger partial charge in [0.1, 0.15) is 11.6 Å². The first-order valence-corrected chi connectivity index (χ1v) is 9.88. The van der Waals surface area contributed by atoms with Crippen molar-refractivity contribution in [1.82, 2.24) is 15.2 Å². The van der Waals surface area contributed by atoms with Gasteiger partial charge in [0.15, 0.2) is 6.61 Å². The summed E-state index contributed by atoms with van der Waals surface area (Å²) in [5.41, 5.74) is 1.02. The van der Waals surface area contributed by atoms with Gasteiger partial charge < -0.3 is 19.9 Å². The van der Waals surface area contributed by atoms with Crippen molar-refractivity contribution in [2.24, 2.45) is 5.92 Å². The number of para-hydroxylation sites is 1. The number of likely N-dealkylation sites (tertiary alicyclic amines) is 1. The zero-order valence-electron chi connectivity index (χ0n) is 17.0. The summed E-state index contributed by atoms with van der Waals surface area (Å²) in [5, 5.41) is 3.01. The van der Waals surface area contributed by atoms with E-state index >= 15 is 0 Å². The maximum atomic E-state index is 12.5. The highest BCUT2D eigenvalue weighted by molar-refractivity contribution is 5.80. The number of benzene rings is 1. The smallest absolute Gasteiger partial charge is 0.260 e. The van der Waals surface area contributed by atoms with E-state index in [2.05, 4.69) is 10.3 Å². The second-order valence-electron chi connectivity index (χ2n) is 7.39. The Morgan fingerprint density at radius 2 is 1.90 bits per heavy atom. The molecule has 1 saturated heterocycles. The molecule has 0 radical (unpaired) electrons. The van der Waals surface area contributed by atoms with Crippen molar-refractivity contribution in [2.45, 2.75) is 19.4 Å². The maximum Gasteiger partial charge on any atom is 0.260 e. The first kappa shape index (κ1) is 20.6. The van der Waals surface area contributed by atoms with Crippen LogP contribution >= 0.6 is 0 Å². The lowest BCUT2D eigenvalue weighted by Gasteiger charge is -2.31. The summed E-state index contributed by atoms with van der Waals surface area (Å²) in [4.78, 5) is 32.8. The molecule has 1 aliphatic heterocycles. The lowest BCUT2D eigenvalue weighted by molar-refractivity contribution is -0.137. The van der Waals surface area contributed by atoms with Crippen LogP contribution in [0.5, 0.6) is 5.75 Å². The largest absolute Gasteiger partial charge is 0.484 e. The number of rotatable bonds is 7. The van der Waals surface area contributed by atoms with E-state index in [9.17, 15) is 9.59 Å². The molecular weight excluding hydrogens is 368 g/mol. The van der Waals surface area contributed by atoms with E-state index in [1.165, 1.54) is 0 Å². The van der Waals surface area contributed by atoms with Gasteiger partial charge in [-0.1, -0.05) is 18.2 Å². The van der Waals surface area contributed by atoms with Crippen LogP contribution in [0.1, 0.15) is 18.4 Å². The zero-order chi connectivity index (χ0) is 20.6. The molecule has 2 heterocycles. The number of nitrogens with zero attached hydrogens (tertiary/aromatic N) is 3. The van der Waals surface area contributed by atoms with Gasteiger partial charge in [-0.3, -0.25) is 9.59 Å². The molecule has 2 aromatic rings. The predicted molar refractivity (Wildman–Crippen MR) is 112 cm³/mol. The van der Waals surface area contributed by atoms with Crippen LogP contribution in [0.15, 0.2) is 48.7 Å². The Morgan fingerprint density at radius 3 is 2.59 bits per heavy atom. The van der Waals surface area contributed by atoms with E-state index in [1.807, 2.05) is 61.5 Å². The van der Waals surface area contributed by atoms with Gasteiger partial charge in [-0.05, 0) is 42.7 Å². The van der Waals surface area contributed by atoms with Crippen LogP contribution in [-0.4, -0.2) is 55.5 Å². The van der Waals surface area contributed by atoms with Crippen molar-refractivity contribution in [1.29, 1.82) is 0 Å². The molecule has 1 N–H and O–H groups in total. The van der Waals surface area contributed by atoms with Crippen LogP contribution in [-0.2, 0) is 16.1 Å². The molecule has 3 rings (SSSR count). The molecule has 7 heteroatoms. The fourth-order valence-electron chi connectivity index (χ4n) is 3.29. The zero-order valence-corrected chi connectivity index (χ0v) is 17.0. The molecule has 29 heavy (non-hydrogen) atoms. The predicted octanol–water partition coefficient (Wildman–Crippen LogP) is 2.08. The Bertz CT molecular complexity index is 818. The summed E-state index contributed by atoms with van der Waals surface area (Å²) in [6.45, 7) is 1.66. The molecule has 154 valence electrons. The van der Waals surface area contributed by atoms with Gasteiger partial charge in [0.25, 0.3) is 5.91 Å². The number of amides is 2. The number of hydrogen-bond donors (Lipinski definition) is 1. The van der Waals surface area contributed by atoms with Crippen LogP contribution < -0.4 is 15.0 Å². The first-order chi connectivity index (χ1) is 14.0. The summed E-state index contributed by atoms with van der Waals surface area (Å²) in [5.74, 6) is 1.48. The second-order valence-corrected chi connectivity index (χ2v) is 7.39. The summed E-state index contributed by atoms with van der Waals surface area (Å²) in [6.07, 6.45) is 3.09. The number of pyridine rings is 1. The number of anilines is 1. The molecule has 0 unspecified atom stereocenters. The monoisotopic (exact) mass is 396 g/mol. The number of carbonyl (C=O) groups excluding carboxylic acids is 2. The quantitative estimate of drug-likeness (QED) is 0.776. The van der Waals surface area contributed by atoms with Gasteiger partial charge in [-0.25, -0.2) is 4.98 Å². The number of ether oxygens (including phenoxy) is 1. The van der Waals surface area contributed by atoms with Gasteiger partial charge >= 0.3 is 0 Å². The van der Waals surface area contributed by atoms with E-state index in [1.54, 1.807) is 11.1 Å². The average molecular weight is 396 g/mol. The molecule has 0 saturated carbocycles. The topological polar surface area (TPSA) is 74.8 Å². The Labute approximate surface area is 171 Å². The highest BCUT2D eigenvalue weighted by Crippen LogP contribution is 2.18. The highest BCUT2D eigenvalue weighted by atomic mass is 16.5. The van der Waals surface area contributed by atoms with Crippen LogP contribution in [0.2, 0.25) is 0 Å². The third kappa shape index (κ3) is 5.94. The molecule has 2 amide bonds. The van der Waals surface area contributed by atoms with Crippen molar-refractivity contribution in [2.75, 3.05) is 38.7 Å². The fourth-order valence-corrected chi connectivity index (χ4v) is 3.29. The lowest BCUT2D eigenvalue weighted by Crippen LogP contribution is -2.44. The van der Waals surface area contributed by atoms with Gasteiger partial charge in [-0.2, -0.15) is 0 Å². The third-order valence-electron chi connectivity index (χ3n) is 5.06. The standard InChI is InChI=1S/C22H28N4O3/c1-25(2)20-14-17(8-11-23-20)15-24-22(28)18-9-12-26(13-10-18)21(27)16-29-19-6-4-3-5-7-19/h3-8,11,14,18H,9-10,12-13,15-16H2,1-2H3,(H,24,28). The Hall–Kier alpha value is -3.09. The average Bonchev–Trinajstić information content (AvgIpc) is 2.77. The minimum Gasteiger partial charge on any atom is -0.484 e. The Balaban J connectivity index is 1.41. The molecule has 1 aromatic carbocycles. The second kappa shape index (κ2) is 9.91. The van der Waals surface area contributed by atoms with Crippen molar-refractivity contribution in [3.05, 3.63) is 54.2 Å². The van der Waals surface area contributed by atoms with Crippen molar-refractivity contribution in [3.8, 4) is 5.75 Å².